The van der Waals surface area contributed by atoms with E-state index in [0.717, 1.165) is 36.3 Å². The van der Waals surface area contributed by atoms with Crippen molar-refractivity contribution in [2.45, 2.75) is 13.3 Å². The van der Waals surface area contributed by atoms with Crippen LogP contribution in [0.25, 0.3) is 0 Å². The first kappa shape index (κ1) is 12.7. The number of aryl methyl sites for hydroxylation is 1. The summed E-state index contributed by atoms with van der Waals surface area (Å²) in [7, 11) is 0. The molecule has 5 heteroatoms. The molecule has 0 bridgehead atoms. The molecule has 4 N–H and O–H groups in total. The van der Waals surface area contributed by atoms with Gasteiger partial charge in [-0.2, -0.15) is 0 Å². The maximum absolute atomic E-state index is 9.21. The van der Waals surface area contributed by atoms with Gasteiger partial charge in [0.1, 0.15) is 0 Å². The SMILES string of the molecule is Cc1cccc(/C(N)=N/O)c1N1CCC(CO)C1. The molecular formula is C13H19N3O2. The van der Waals surface area contributed by atoms with E-state index in [1.165, 1.54) is 0 Å². The van der Waals surface area contributed by atoms with E-state index in [9.17, 15) is 5.11 Å². The average Bonchev–Trinajstić information content (AvgIpc) is 2.86. The number of nitrogens with zero attached hydrogens (tertiary/aromatic N) is 2. The molecule has 0 aromatic heterocycles. The maximum Gasteiger partial charge on any atom is 0.172 e. The second kappa shape index (κ2) is 5.27. The molecule has 98 valence electrons. The van der Waals surface area contributed by atoms with Crippen LogP contribution in [0.15, 0.2) is 23.4 Å². The van der Waals surface area contributed by atoms with E-state index >= 15 is 0 Å². The third-order valence-corrected chi connectivity index (χ3v) is 3.48. The lowest BCUT2D eigenvalue weighted by molar-refractivity contribution is 0.238. The van der Waals surface area contributed by atoms with Crippen LogP contribution in [-0.2, 0) is 0 Å². The number of benzene rings is 1. The molecule has 0 saturated carbocycles. The quantitative estimate of drug-likeness (QED) is 0.322. The van der Waals surface area contributed by atoms with Crippen LogP contribution in [0.4, 0.5) is 5.69 Å². The molecule has 1 fully saturated rings. The Morgan fingerprint density at radius 3 is 2.94 bits per heavy atom. The Kier molecular flexibility index (Phi) is 3.72. The standard InChI is InChI=1S/C13H19N3O2/c1-9-3-2-4-11(13(14)15-18)12(9)16-6-5-10(7-16)8-17/h2-4,10,17-18H,5-8H2,1H3,(H2,14,15). The molecule has 1 unspecified atom stereocenters. The first-order valence-corrected chi connectivity index (χ1v) is 6.10. The van der Waals surface area contributed by atoms with Crippen LogP contribution in [0.1, 0.15) is 17.5 Å². The number of rotatable bonds is 3. The van der Waals surface area contributed by atoms with E-state index < -0.39 is 0 Å². The summed E-state index contributed by atoms with van der Waals surface area (Å²) in [6.45, 7) is 3.92. The van der Waals surface area contributed by atoms with E-state index in [4.69, 9.17) is 10.9 Å². The molecule has 1 saturated heterocycles. The highest BCUT2D eigenvalue weighted by Gasteiger charge is 2.25. The zero-order valence-electron chi connectivity index (χ0n) is 10.5. The minimum Gasteiger partial charge on any atom is -0.409 e. The predicted octanol–water partition coefficient (Wildman–Crippen LogP) is 0.908. The van der Waals surface area contributed by atoms with Gasteiger partial charge in [-0.05, 0) is 25.0 Å². The number of nitrogens with two attached hydrogens (primary N) is 1. The van der Waals surface area contributed by atoms with Crippen molar-refractivity contribution >= 4 is 11.5 Å². The summed E-state index contributed by atoms with van der Waals surface area (Å²) in [5.74, 6) is 0.436. The van der Waals surface area contributed by atoms with E-state index in [1.807, 2.05) is 25.1 Å². The van der Waals surface area contributed by atoms with E-state index in [-0.39, 0.29) is 12.4 Å². The third kappa shape index (κ3) is 2.26. The topological polar surface area (TPSA) is 82.1 Å². The lowest BCUT2D eigenvalue weighted by Crippen LogP contribution is -2.26. The van der Waals surface area contributed by atoms with Crippen LogP contribution in [-0.4, -0.2) is 35.8 Å². The monoisotopic (exact) mass is 249 g/mol. The Morgan fingerprint density at radius 1 is 1.56 bits per heavy atom. The lowest BCUT2D eigenvalue weighted by Gasteiger charge is -2.23. The normalized spacial score (nSPS) is 20.4. The van der Waals surface area contributed by atoms with Gasteiger partial charge in [-0.1, -0.05) is 17.3 Å². The molecule has 1 aromatic carbocycles. The Morgan fingerprint density at radius 2 is 2.33 bits per heavy atom. The van der Waals surface area contributed by atoms with Crippen molar-refractivity contribution in [2.75, 3.05) is 24.6 Å². The number of amidine groups is 1. The van der Waals surface area contributed by atoms with Crippen molar-refractivity contribution in [3.8, 4) is 0 Å². The fourth-order valence-corrected chi connectivity index (χ4v) is 2.52. The molecule has 18 heavy (non-hydrogen) atoms. The Hall–Kier alpha value is -1.75. The highest BCUT2D eigenvalue weighted by molar-refractivity contribution is 6.02. The molecule has 1 aliphatic rings. The lowest BCUT2D eigenvalue weighted by atomic mass is 10.1. The summed E-state index contributed by atoms with van der Waals surface area (Å²) in [4.78, 5) is 2.20. The number of aliphatic hydroxyl groups excluding tert-OH is 1. The largest absolute Gasteiger partial charge is 0.409 e. The van der Waals surface area contributed by atoms with E-state index in [0.29, 0.717) is 5.92 Å². The Bertz CT molecular complexity index is 460. The van der Waals surface area contributed by atoms with Crippen LogP contribution in [0.3, 0.4) is 0 Å². The molecule has 0 aliphatic carbocycles. The first-order chi connectivity index (χ1) is 8.67. The van der Waals surface area contributed by atoms with E-state index in [2.05, 4.69) is 10.1 Å². The molecule has 0 spiro atoms. The summed E-state index contributed by atoms with van der Waals surface area (Å²) in [5, 5.41) is 21.1. The van der Waals surface area contributed by atoms with Gasteiger partial charge < -0.3 is 20.9 Å². The number of aliphatic hydroxyl groups is 1. The van der Waals surface area contributed by atoms with Crippen LogP contribution >= 0.6 is 0 Å². The van der Waals surface area contributed by atoms with Gasteiger partial charge in [0.15, 0.2) is 5.84 Å². The number of para-hydroxylation sites is 1. The van der Waals surface area contributed by atoms with Gasteiger partial charge in [0.2, 0.25) is 0 Å². The second-order valence-corrected chi connectivity index (χ2v) is 4.74. The molecular weight excluding hydrogens is 230 g/mol. The average molecular weight is 249 g/mol. The summed E-state index contributed by atoms with van der Waals surface area (Å²) >= 11 is 0. The summed E-state index contributed by atoms with van der Waals surface area (Å²) < 4.78 is 0. The Balaban J connectivity index is 2.37. The molecule has 0 radical (unpaired) electrons. The van der Waals surface area contributed by atoms with Gasteiger partial charge >= 0.3 is 0 Å². The van der Waals surface area contributed by atoms with Gasteiger partial charge in [-0.3, -0.25) is 0 Å². The number of anilines is 1. The van der Waals surface area contributed by atoms with E-state index in [1.54, 1.807) is 0 Å². The van der Waals surface area contributed by atoms with Crippen molar-refractivity contribution in [2.24, 2.45) is 16.8 Å². The summed E-state index contributed by atoms with van der Waals surface area (Å²) in [5.41, 5.74) is 8.57. The number of hydrogen-bond donors (Lipinski definition) is 3. The van der Waals surface area contributed by atoms with Crippen molar-refractivity contribution in [1.29, 1.82) is 0 Å². The highest BCUT2D eigenvalue weighted by atomic mass is 16.4. The minimum atomic E-state index is 0.126. The molecule has 1 aromatic rings. The van der Waals surface area contributed by atoms with Crippen LogP contribution < -0.4 is 10.6 Å². The van der Waals surface area contributed by atoms with Crippen molar-refractivity contribution in [1.82, 2.24) is 0 Å². The molecule has 1 atom stereocenters. The van der Waals surface area contributed by atoms with Crippen LogP contribution in [0, 0.1) is 12.8 Å². The van der Waals surface area contributed by atoms with Crippen LogP contribution in [0.5, 0.6) is 0 Å². The highest BCUT2D eigenvalue weighted by Crippen LogP contribution is 2.30. The van der Waals surface area contributed by atoms with Gasteiger partial charge in [-0.15, -0.1) is 0 Å². The van der Waals surface area contributed by atoms with Gasteiger partial charge in [0.05, 0.1) is 5.69 Å². The van der Waals surface area contributed by atoms with Gasteiger partial charge in [0, 0.05) is 31.2 Å². The first-order valence-electron chi connectivity index (χ1n) is 6.10. The zero-order valence-corrected chi connectivity index (χ0v) is 10.5. The fraction of sp³-hybridized carbons (Fsp3) is 0.462. The van der Waals surface area contributed by atoms with Gasteiger partial charge in [0.25, 0.3) is 0 Å². The van der Waals surface area contributed by atoms with Crippen LogP contribution in [0.2, 0.25) is 0 Å². The minimum absolute atomic E-state index is 0.126. The summed E-state index contributed by atoms with van der Waals surface area (Å²) in [6.07, 6.45) is 0.973. The fourth-order valence-electron chi connectivity index (χ4n) is 2.52. The van der Waals surface area contributed by atoms with Crippen molar-refractivity contribution in [3.05, 3.63) is 29.3 Å². The Labute approximate surface area is 107 Å². The third-order valence-electron chi connectivity index (χ3n) is 3.48. The molecule has 0 amide bonds. The molecule has 1 heterocycles. The number of oxime groups is 1. The smallest absolute Gasteiger partial charge is 0.172 e. The maximum atomic E-state index is 9.21. The second-order valence-electron chi connectivity index (χ2n) is 4.74. The van der Waals surface area contributed by atoms with Crippen molar-refractivity contribution < 1.29 is 10.3 Å². The van der Waals surface area contributed by atoms with Crippen molar-refractivity contribution in [3.63, 3.8) is 0 Å². The summed E-state index contributed by atoms with van der Waals surface area (Å²) in [6, 6.07) is 5.76. The molecule has 1 aliphatic heterocycles. The predicted molar refractivity (Wildman–Crippen MR) is 71.1 cm³/mol. The zero-order chi connectivity index (χ0) is 13.1. The number of hydrogen-bond acceptors (Lipinski definition) is 4. The molecule has 5 nitrogen and oxygen atoms in total. The van der Waals surface area contributed by atoms with Gasteiger partial charge in [-0.25, -0.2) is 0 Å². The molecule has 2 rings (SSSR count).